The molecule has 3 N–H and O–H groups in total. The molecule has 138 valence electrons. The van der Waals surface area contributed by atoms with Gasteiger partial charge in [0.1, 0.15) is 5.82 Å². The van der Waals surface area contributed by atoms with Crippen LogP contribution < -0.4 is 5.32 Å². The van der Waals surface area contributed by atoms with Gasteiger partial charge in [-0.15, -0.1) is 0 Å². The number of aromatic amines is 1. The molecule has 1 aliphatic carbocycles. The van der Waals surface area contributed by atoms with Crippen LogP contribution in [-0.4, -0.2) is 25.8 Å². The smallest absolute Gasteiger partial charge is 0.167 e. The van der Waals surface area contributed by atoms with Crippen LogP contribution >= 0.6 is 0 Å². The summed E-state index contributed by atoms with van der Waals surface area (Å²) in [5, 5.41) is 12.9. The third-order valence-electron chi connectivity index (χ3n) is 4.92. The topological polar surface area (TPSA) is 90.9 Å². The number of Topliss-reactive ketones (excluding diaryl/α,β-unsaturated/α-hetero) is 1. The summed E-state index contributed by atoms with van der Waals surface area (Å²) in [5.74, 6) is 0.663. The van der Waals surface area contributed by atoms with Crippen LogP contribution in [0.25, 0.3) is 11.3 Å². The highest BCUT2D eigenvalue weighted by Gasteiger charge is 2.35. The van der Waals surface area contributed by atoms with Crippen molar-refractivity contribution in [1.82, 2.24) is 15.0 Å². The van der Waals surface area contributed by atoms with Gasteiger partial charge in [0, 0.05) is 41.8 Å². The second kappa shape index (κ2) is 6.63. The Kier molecular flexibility index (Phi) is 4.28. The van der Waals surface area contributed by atoms with Gasteiger partial charge in [-0.05, 0) is 30.0 Å². The molecule has 0 unspecified atom stereocenters. The Bertz CT molecular complexity index is 993. The predicted molar refractivity (Wildman–Crippen MR) is 104 cm³/mol. The van der Waals surface area contributed by atoms with E-state index in [1.807, 2.05) is 18.2 Å². The molecule has 0 atom stereocenters. The quantitative estimate of drug-likeness (QED) is 0.655. The number of nitrogens with one attached hydrogen (secondary N) is 2. The molecule has 0 radical (unpaired) electrons. The maximum Gasteiger partial charge on any atom is 0.167 e. The van der Waals surface area contributed by atoms with Crippen LogP contribution in [-0.2, 0) is 13.0 Å². The zero-order valence-corrected chi connectivity index (χ0v) is 15.4. The Morgan fingerprint density at radius 1 is 1.19 bits per heavy atom. The maximum atomic E-state index is 13.0. The number of carbonyl (C=O) groups excluding carboxylic acids is 1. The number of aromatic nitrogens is 3. The van der Waals surface area contributed by atoms with Gasteiger partial charge in [0.2, 0.25) is 0 Å². The number of carbonyl (C=O) groups is 1. The largest absolute Gasteiger partial charge is 0.392 e. The molecule has 0 amide bonds. The van der Waals surface area contributed by atoms with E-state index < -0.39 is 0 Å². The number of aliphatic hydroxyl groups is 1. The van der Waals surface area contributed by atoms with Crippen molar-refractivity contribution in [2.75, 3.05) is 5.32 Å². The number of fused-ring (bicyclic) bond motifs is 1. The Labute approximate surface area is 157 Å². The minimum Gasteiger partial charge on any atom is -0.392 e. The molecule has 0 aliphatic heterocycles. The zero-order valence-electron chi connectivity index (χ0n) is 15.4. The third kappa shape index (κ3) is 3.24. The summed E-state index contributed by atoms with van der Waals surface area (Å²) >= 11 is 0. The molecular formula is C21H22N4O2. The third-order valence-corrected chi connectivity index (χ3v) is 4.92. The van der Waals surface area contributed by atoms with E-state index in [0.717, 1.165) is 23.4 Å². The maximum absolute atomic E-state index is 13.0. The number of nitrogens with zero attached hydrogens (tertiary/aromatic N) is 2. The zero-order chi connectivity index (χ0) is 19.0. The van der Waals surface area contributed by atoms with E-state index in [-0.39, 0.29) is 17.8 Å². The predicted octanol–water partition coefficient (Wildman–Crippen LogP) is 3.86. The molecule has 0 aromatic carbocycles. The van der Waals surface area contributed by atoms with Crippen molar-refractivity contribution >= 4 is 17.3 Å². The van der Waals surface area contributed by atoms with Gasteiger partial charge in [0.05, 0.1) is 23.6 Å². The van der Waals surface area contributed by atoms with Crippen LogP contribution in [0.3, 0.4) is 0 Å². The van der Waals surface area contributed by atoms with Crippen molar-refractivity contribution in [1.29, 1.82) is 0 Å². The standard InChI is InChI=1S/C21H22N4O2/c1-21(2)10-15-17(16(27)11-21)19(18(24-15)13-5-8-22-9-6-13)25-20-14(12-26)4-3-7-23-20/h3-9,24,26H,10-12H2,1-2H3,(H,23,25). The van der Waals surface area contributed by atoms with E-state index in [9.17, 15) is 9.90 Å². The summed E-state index contributed by atoms with van der Waals surface area (Å²) in [5.41, 5.74) is 4.71. The molecule has 0 saturated carbocycles. The van der Waals surface area contributed by atoms with Crippen LogP contribution in [0.4, 0.5) is 11.5 Å². The molecule has 0 spiro atoms. The highest BCUT2D eigenvalue weighted by atomic mass is 16.3. The lowest BCUT2D eigenvalue weighted by Crippen LogP contribution is -2.26. The first kappa shape index (κ1) is 17.4. The van der Waals surface area contributed by atoms with Crippen molar-refractivity contribution in [3.8, 4) is 11.3 Å². The van der Waals surface area contributed by atoms with Crippen LogP contribution in [0.2, 0.25) is 0 Å². The van der Waals surface area contributed by atoms with Crippen LogP contribution in [0.5, 0.6) is 0 Å². The summed E-state index contributed by atoms with van der Waals surface area (Å²) in [6, 6.07) is 7.40. The number of H-pyrrole nitrogens is 1. The van der Waals surface area contributed by atoms with Crippen molar-refractivity contribution < 1.29 is 9.90 Å². The van der Waals surface area contributed by atoms with Gasteiger partial charge in [-0.3, -0.25) is 9.78 Å². The van der Waals surface area contributed by atoms with Gasteiger partial charge < -0.3 is 15.4 Å². The van der Waals surface area contributed by atoms with Crippen molar-refractivity contribution in [2.45, 2.75) is 33.3 Å². The molecule has 1 aliphatic rings. The molecular weight excluding hydrogens is 340 g/mol. The minimum atomic E-state index is -0.131. The molecule has 0 saturated heterocycles. The number of hydrogen-bond acceptors (Lipinski definition) is 5. The van der Waals surface area contributed by atoms with Crippen molar-refractivity contribution in [2.24, 2.45) is 5.41 Å². The lowest BCUT2D eigenvalue weighted by Gasteiger charge is -2.28. The van der Waals surface area contributed by atoms with E-state index in [0.29, 0.717) is 29.1 Å². The first-order valence-corrected chi connectivity index (χ1v) is 8.99. The second-order valence-electron chi connectivity index (χ2n) is 7.70. The summed E-state index contributed by atoms with van der Waals surface area (Å²) in [4.78, 5) is 24.9. The molecule has 4 rings (SSSR count). The van der Waals surface area contributed by atoms with Gasteiger partial charge in [0.15, 0.2) is 5.78 Å². The Hall–Kier alpha value is -2.99. The van der Waals surface area contributed by atoms with E-state index in [1.165, 1.54) is 0 Å². The Morgan fingerprint density at radius 3 is 2.70 bits per heavy atom. The number of ketones is 1. The normalized spacial score (nSPS) is 15.4. The summed E-state index contributed by atoms with van der Waals surface area (Å²) < 4.78 is 0. The molecule has 6 heteroatoms. The van der Waals surface area contributed by atoms with Gasteiger partial charge in [-0.25, -0.2) is 4.98 Å². The molecule has 3 aromatic heterocycles. The summed E-state index contributed by atoms with van der Waals surface area (Å²) in [6.45, 7) is 4.08. The fraction of sp³-hybridized carbons (Fsp3) is 0.286. The number of pyridine rings is 2. The van der Waals surface area contributed by atoms with Crippen molar-refractivity contribution in [3.63, 3.8) is 0 Å². The number of aliphatic hydroxyl groups excluding tert-OH is 1. The number of anilines is 2. The average molecular weight is 362 g/mol. The van der Waals surface area contributed by atoms with Crippen LogP contribution in [0.1, 0.15) is 41.9 Å². The highest BCUT2D eigenvalue weighted by molar-refractivity contribution is 6.07. The van der Waals surface area contributed by atoms with Gasteiger partial charge in [-0.2, -0.15) is 0 Å². The lowest BCUT2D eigenvalue weighted by molar-refractivity contribution is 0.0912. The fourth-order valence-corrected chi connectivity index (χ4v) is 3.71. The Morgan fingerprint density at radius 2 is 1.96 bits per heavy atom. The van der Waals surface area contributed by atoms with Crippen LogP contribution in [0.15, 0.2) is 42.9 Å². The molecule has 0 bridgehead atoms. The highest BCUT2D eigenvalue weighted by Crippen LogP contribution is 2.43. The minimum absolute atomic E-state index is 0.0804. The molecule has 27 heavy (non-hydrogen) atoms. The first-order valence-electron chi connectivity index (χ1n) is 8.99. The SMILES string of the molecule is CC1(C)CC(=O)c2c([nH]c(-c3ccncc3)c2Nc2ncccc2CO)C1. The Balaban J connectivity index is 1.89. The monoisotopic (exact) mass is 362 g/mol. The van der Waals surface area contributed by atoms with E-state index in [4.69, 9.17) is 0 Å². The van der Waals surface area contributed by atoms with Crippen LogP contribution in [0, 0.1) is 5.41 Å². The molecule has 3 heterocycles. The number of rotatable bonds is 4. The molecule has 0 fully saturated rings. The molecule has 3 aromatic rings. The van der Waals surface area contributed by atoms with E-state index in [1.54, 1.807) is 24.7 Å². The van der Waals surface area contributed by atoms with Gasteiger partial charge >= 0.3 is 0 Å². The summed E-state index contributed by atoms with van der Waals surface area (Å²) in [7, 11) is 0. The van der Waals surface area contributed by atoms with Gasteiger partial charge in [0.25, 0.3) is 0 Å². The van der Waals surface area contributed by atoms with Gasteiger partial charge in [-0.1, -0.05) is 19.9 Å². The first-order chi connectivity index (χ1) is 13.0. The fourth-order valence-electron chi connectivity index (χ4n) is 3.71. The lowest BCUT2D eigenvalue weighted by atomic mass is 9.76. The van der Waals surface area contributed by atoms with E-state index >= 15 is 0 Å². The summed E-state index contributed by atoms with van der Waals surface area (Å²) in [6.07, 6.45) is 6.41. The number of hydrogen-bond donors (Lipinski definition) is 3. The van der Waals surface area contributed by atoms with Crippen molar-refractivity contribution in [3.05, 3.63) is 59.7 Å². The molecule has 6 nitrogen and oxygen atoms in total. The van der Waals surface area contributed by atoms with E-state index in [2.05, 4.69) is 34.1 Å². The second-order valence-corrected chi connectivity index (χ2v) is 7.70. The average Bonchev–Trinajstić information content (AvgIpc) is 3.00.